The van der Waals surface area contributed by atoms with Crippen molar-refractivity contribution in [1.82, 2.24) is 0 Å². The van der Waals surface area contributed by atoms with Crippen LogP contribution < -0.4 is 0 Å². The number of carbonyl (C=O) groups is 1. The normalized spacial score (nSPS) is 15.7. The lowest BCUT2D eigenvalue weighted by Gasteiger charge is -2.01. The second-order valence-corrected chi connectivity index (χ2v) is 6.11. The van der Waals surface area contributed by atoms with Crippen LogP contribution in [0.3, 0.4) is 0 Å². The molecule has 2 aromatic rings. The molecule has 0 unspecified atom stereocenters. The molecule has 4 heteroatoms. The van der Waals surface area contributed by atoms with Crippen molar-refractivity contribution in [2.24, 2.45) is 0 Å². The molecule has 0 saturated heterocycles. The van der Waals surface area contributed by atoms with Gasteiger partial charge in [-0.3, -0.25) is 4.79 Å². The second kappa shape index (κ2) is 5.00. The van der Waals surface area contributed by atoms with Crippen molar-refractivity contribution in [2.75, 3.05) is 0 Å². The monoisotopic (exact) mass is 302 g/mol. The number of carbonyl (C=O) groups excluding carboxylic acids is 1. The highest BCUT2D eigenvalue weighted by Gasteiger charge is 2.28. The molecule has 0 aromatic heterocycles. The van der Waals surface area contributed by atoms with Crippen LogP contribution in [-0.4, -0.2) is 10.9 Å². The molecule has 0 bridgehead atoms. The van der Waals surface area contributed by atoms with Gasteiger partial charge in [0.2, 0.25) is 5.78 Å². The highest BCUT2D eigenvalue weighted by molar-refractivity contribution is 8.04. The van der Waals surface area contributed by atoms with Gasteiger partial charge < -0.3 is 5.11 Å². The van der Waals surface area contributed by atoms with E-state index in [2.05, 4.69) is 0 Å². The zero-order valence-electron chi connectivity index (χ0n) is 10.7. The third-order valence-electron chi connectivity index (χ3n) is 3.16. The van der Waals surface area contributed by atoms with Crippen molar-refractivity contribution in [2.45, 2.75) is 11.8 Å². The van der Waals surface area contributed by atoms with Gasteiger partial charge in [0.15, 0.2) is 0 Å². The van der Waals surface area contributed by atoms with Crippen molar-refractivity contribution >= 4 is 35.2 Å². The summed E-state index contributed by atoms with van der Waals surface area (Å²) in [6.07, 6.45) is 1.72. The quantitative estimate of drug-likeness (QED) is 0.777. The molecule has 20 heavy (non-hydrogen) atoms. The summed E-state index contributed by atoms with van der Waals surface area (Å²) in [5.74, 6) is 0.154. The highest BCUT2D eigenvalue weighted by Crippen LogP contribution is 2.44. The van der Waals surface area contributed by atoms with Crippen LogP contribution >= 0.6 is 23.4 Å². The number of benzene rings is 2. The topological polar surface area (TPSA) is 37.3 Å². The zero-order valence-corrected chi connectivity index (χ0v) is 12.3. The van der Waals surface area contributed by atoms with Gasteiger partial charge in [0, 0.05) is 21.0 Å². The minimum Gasteiger partial charge on any atom is -0.507 e. The number of aromatic hydroxyl groups is 1. The van der Waals surface area contributed by atoms with Crippen molar-refractivity contribution < 1.29 is 9.90 Å². The number of halogens is 1. The molecule has 1 aliphatic rings. The number of aryl methyl sites for hydroxylation is 1. The summed E-state index contributed by atoms with van der Waals surface area (Å²) >= 11 is 7.42. The summed E-state index contributed by atoms with van der Waals surface area (Å²) in [7, 11) is 0. The minimum atomic E-state index is -0.0116. The molecule has 0 saturated carbocycles. The molecule has 0 atom stereocenters. The Morgan fingerprint density at radius 1 is 1.25 bits per heavy atom. The van der Waals surface area contributed by atoms with Crippen LogP contribution in [-0.2, 0) is 0 Å². The largest absolute Gasteiger partial charge is 0.507 e. The Bertz CT molecular complexity index is 750. The number of Topliss-reactive ketones (excluding diaryl/α,β-unsaturated/α-hetero) is 1. The fourth-order valence-corrected chi connectivity index (χ4v) is 3.71. The Hall–Kier alpha value is -1.71. The van der Waals surface area contributed by atoms with E-state index in [1.165, 1.54) is 11.8 Å². The SMILES string of the molecule is Cc1cc(Cl)cc2c1C(=O)/C(=C\c1ccccc1O)S2. The van der Waals surface area contributed by atoms with Crippen LogP contribution in [0.5, 0.6) is 5.75 Å². The van der Waals surface area contributed by atoms with E-state index in [0.717, 1.165) is 10.5 Å². The number of phenolic OH excluding ortho intramolecular Hbond substituents is 1. The maximum absolute atomic E-state index is 12.4. The highest BCUT2D eigenvalue weighted by atomic mass is 35.5. The minimum absolute atomic E-state index is 0.0116. The number of allylic oxidation sites excluding steroid dienone is 1. The fraction of sp³-hybridized carbons (Fsp3) is 0.0625. The van der Waals surface area contributed by atoms with Gasteiger partial charge in [-0.15, -0.1) is 0 Å². The molecule has 3 rings (SSSR count). The Balaban J connectivity index is 2.07. The molecule has 1 aliphatic heterocycles. The number of hydrogen-bond acceptors (Lipinski definition) is 3. The van der Waals surface area contributed by atoms with Crippen LogP contribution in [0.15, 0.2) is 46.2 Å². The summed E-state index contributed by atoms with van der Waals surface area (Å²) in [6.45, 7) is 1.88. The molecule has 1 heterocycles. The third-order valence-corrected chi connectivity index (χ3v) is 4.44. The standard InChI is InChI=1S/C16H11ClO2S/c1-9-6-11(17)8-13-15(9)16(19)14(20-13)7-10-4-2-3-5-12(10)18/h2-8,18H,1H3/b14-7+. The molecule has 0 fully saturated rings. The Labute approximate surface area is 126 Å². The first kappa shape index (κ1) is 13.3. The summed E-state index contributed by atoms with van der Waals surface area (Å²) in [4.78, 5) is 13.9. The van der Waals surface area contributed by atoms with Crippen molar-refractivity contribution in [1.29, 1.82) is 0 Å². The first-order chi connectivity index (χ1) is 9.56. The first-order valence-corrected chi connectivity index (χ1v) is 7.28. The number of thioether (sulfide) groups is 1. The van der Waals surface area contributed by atoms with Crippen LogP contribution in [0, 0.1) is 6.92 Å². The van der Waals surface area contributed by atoms with Crippen LogP contribution in [0.4, 0.5) is 0 Å². The lowest BCUT2D eigenvalue weighted by molar-refractivity contribution is 0.104. The van der Waals surface area contributed by atoms with Crippen LogP contribution in [0.2, 0.25) is 5.02 Å². The number of phenols is 1. The molecule has 0 amide bonds. The molecule has 0 spiro atoms. The van der Waals surface area contributed by atoms with Crippen LogP contribution in [0.1, 0.15) is 21.5 Å². The number of ketones is 1. The lowest BCUT2D eigenvalue weighted by Crippen LogP contribution is -1.97. The van der Waals surface area contributed by atoms with Gasteiger partial charge >= 0.3 is 0 Å². The van der Waals surface area contributed by atoms with E-state index in [4.69, 9.17) is 11.6 Å². The van der Waals surface area contributed by atoms with E-state index in [9.17, 15) is 9.90 Å². The van der Waals surface area contributed by atoms with Crippen LogP contribution in [0.25, 0.3) is 6.08 Å². The van der Waals surface area contributed by atoms with E-state index in [0.29, 0.717) is 21.1 Å². The summed E-state index contributed by atoms with van der Waals surface area (Å²) < 4.78 is 0. The number of rotatable bonds is 1. The van der Waals surface area contributed by atoms with Crippen molar-refractivity contribution in [3.05, 3.63) is 63.0 Å². The first-order valence-electron chi connectivity index (χ1n) is 6.08. The zero-order chi connectivity index (χ0) is 14.3. The van der Waals surface area contributed by atoms with E-state index in [1.807, 2.05) is 13.0 Å². The molecule has 1 N–H and O–H groups in total. The average molecular weight is 303 g/mol. The Kier molecular flexibility index (Phi) is 3.32. The van der Waals surface area contributed by atoms with E-state index >= 15 is 0 Å². The second-order valence-electron chi connectivity index (χ2n) is 4.59. The van der Waals surface area contributed by atoms with E-state index in [1.54, 1.807) is 36.4 Å². The lowest BCUT2D eigenvalue weighted by atomic mass is 10.0. The summed E-state index contributed by atoms with van der Waals surface area (Å²) in [5.41, 5.74) is 2.23. The predicted octanol–water partition coefficient (Wildman–Crippen LogP) is 4.68. The Morgan fingerprint density at radius 2 is 2.00 bits per heavy atom. The number of hydrogen-bond donors (Lipinski definition) is 1. The number of para-hydroxylation sites is 1. The smallest absolute Gasteiger partial charge is 0.201 e. The van der Waals surface area contributed by atoms with E-state index < -0.39 is 0 Å². The fourth-order valence-electron chi connectivity index (χ4n) is 2.22. The van der Waals surface area contributed by atoms with E-state index in [-0.39, 0.29) is 11.5 Å². The van der Waals surface area contributed by atoms with Gasteiger partial charge in [-0.25, -0.2) is 0 Å². The number of fused-ring (bicyclic) bond motifs is 1. The molecular formula is C16H11ClO2S. The van der Waals surface area contributed by atoms with Crippen molar-refractivity contribution in [3.63, 3.8) is 0 Å². The molecule has 2 aromatic carbocycles. The predicted molar refractivity (Wildman–Crippen MR) is 82.5 cm³/mol. The maximum Gasteiger partial charge on any atom is 0.201 e. The molecule has 100 valence electrons. The summed E-state index contributed by atoms with van der Waals surface area (Å²) in [6, 6.07) is 10.6. The third kappa shape index (κ3) is 2.23. The van der Waals surface area contributed by atoms with Gasteiger partial charge in [0.05, 0.1) is 4.91 Å². The molecule has 0 radical (unpaired) electrons. The van der Waals surface area contributed by atoms with Crippen molar-refractivity contribution in [3.8, 4) is 5.75 Å². The van der Waals surface area contributed by atoms with Gasteiger partial charge in [0.25, 0.3) is 0 Å². The molecule has 0 aliphatic carbocycles. The maximum atomic E-state index is 12.4. The average Bonchev–Trinajstić information content (AvgIpc) is 2.69. The van der Waals surface area contributed by atoms with Gasteiger partial charge in [0.1, 0.15) is 5.75 Å². The summed E-state index contributed by atoms with van der Waals surface area (Å²) in [5, 5.41) is 10.4. The molecular weight excluding hydrogens is 292 g/mol. The molecule has 2 nitrogen and oxygen atoms in total. The van der Waals surface area contributed by atoms with Gasteiger partial charge in [-0.2, -0.15) is 0 Å². The van der Waals surface area contributed by atoms with Gasteiger partial charge in [-0.05, 0) is 36.8 Å². The van der Waals surface area contributed by atoms with Gasteiger partial charge in [-0.1, -0.05) is 41.6 Å². The Morgan fingerprint density at radius 3 is 2.75 bits per heavy atom.